The van der Waals surface area contributed by atoms with Crippen LogP contribution in [-0.4, -0.2) is 15.3 Å². The van der Waals surface area contributed by atoms with Crippen molar-refractivity contribution in [2.75, 3.05) is 0 Å². The van der Waals surface area contributed by atoms with Crippen LogP contribution in [-0.2, 0) is 0 Å². The van der Waals surface area contributed by atoms with Gasteiger partial charge in [-0.15, -0.1) is 0 Å². The van der Waals surface area contributed by atoms with E-state index in [2.05, 4.69) is 0 Å². The Kier molecular flexibility index (Phi) is 4.13. The van der Waals surface area contributed by atoms with Crippen molar-refractivity contribution in [2.45, 2.75) is 6.92 Å². The maximum Gasteiger partial charge on any atom is 0.223 e. The number of aryl methyl sites for hydroxylation is 1. The molecule has 0 radical (unpaired) electrons. The van der Waals surface area contributed by atoms with Gasteiger partial charge in [0.15, 0.2) is 5.75 Å². The second-order valence-corrected chi connectivity index (χ2v) is 4.42. The summed E-state index contributed by atoms with van der Waals surface area (Å²) in [5.41, 5.74) is 0.341. The molecular formula is C16H14O5. The molecule has 0 saturated carbocycles. The van der Waals surface area contributed by atoms with Crippen LogP contribution >= 0.6 is 0 Å². The van der Waals surface area contributed by atoms with Gasteiger partial charge in [-0.05, 0) is 36.8 Å². The van der Waals surface area contributed by atoms with Crippen LogP contribution in [0.5, 0.6) is 17.2 Å². The molecule has 108 valence electrons. The topological polar surface area (TPSA) is 90.9 Å². The zero-order valence-corrected chi connectivity index (χ0v) is 11.3. The summed E-state index contributed by atoms with van der Waals surface area (Å²) in [6, 6.07) is 9.61. The second-order valence-electron chi connectivity index (χ2n) is 4.42. The molecule has 2 aromatic rings. The predicted octanol–water partition coefficient (Wildman–Crippen LogP) is 2.86. The highest BCUT2D eigenvalue weighted by atomic mass is 16.3. The third-order valence-corrected chi connectivity index (χ3v) is 2.80. The molecule has 21 heavy (non-hydrogen) atoms. The van der Waals surface area contributed by atoms with E-state index in [1.165, 1.54) is 24.5 Å². The van der Waals surface area contributed by atoms with E-state index in [4.69, 9.17) is 4.42 Å². The van der Waals surface area contributed by atoms with Crippen molar-refractivity contribution in [3.63, 3.8) is 0 Å². The van der Waals surface area contributed by atoms with Crippen LogP contribution < -0.4 is 5.43 Å². The number of benzene rings is 1. The largest absolute Gasteiger partial charge is 0.508 e. The van der Waals surface area contributed by atoms with Crippen molar-refractivity contribution in [1.29, 1.82) is 0 Å². The van der Waals surface area contributed by atoms with Crippen LogP contribution in [0.4, 0.5) is 0 Å². The Morgan fingerprint density at radius 2 is 1.52 bits per heavy atom. The molecule has 0 amide bonds. The van der Waals surface area contributed by atoms with E-state index < -0.39 is 11.2 Å². The fraction of sp³-hybridized carbons (Fsp3) is 0.0625. The Morgan fingerprint density at radius 3 is 2.19 bits per heavy atom. The van der Waals surface area contributed by atoms with Crippen molar-refractivity contribution in [1.82, 2.24) is 0 Å². The van der Waals surface area contributed by atoms with Gasteiger partial charge in [0.2, 0.25) is 5.43 Å². The molecule has 0 spiro atoms. The van der Waals surface area contributed by atoms with E-state index >= 15 is 0 Å². The average molecular weight is 286 g/mol. The van der Waals surface area contributed by atoms with Gasteiger partial charge in [-0.2, -0.15) is 0 Å². The van der Waals surface area contributed by atoms with Crippen LogP contribution in [0.2, 0.25) is 0 Å². The van der Waals surface area contributed by atoms with Gasteiger partial charge in [0.05, 0.1) is 5.56 Å². The number of rotatable bonds is 1. The van der Waals surface area contributed by atoms with Gasteiger partial charge in [0.25, 0.3) is 0 Å². The third kappa shape index (κ3) is 3.54. The summed E-state index contributed by atoms with van der Waals surface area (Å²) in [5.74, 6) is -0.319. The molecule has 1 aromatic heterocycles. The van der Waals surface area contributed by atoms with E-state index in [1.807, 2.05) is 0 Å². The highest BCUT2D eigenvalue weighted by Gasteiger charge is 2.03. The van der Waals surface area contributed by atoms with Crippen molar-refractivity contribution in [3.05, 3.63) is 64.7 Å². The molecule has 0 atom stereocenters. The maximum absolute atomic E-state index is 11.5. The number of phenols is 1. The van der Waals surface area contributed by atoms with E-state index in [0.29, 0.717) is 11.1 Å². The Morgan fingerprint density at radius 1 is 0.905 bits per heavy atom. The van der Waals surface area contributed by atoms with Gasteiger partial charge in [0, 0.05) is 6.07 Å². The summed E-state index contributed by atoms with van der Waals surface area (Å²) in [4.78, 5) is 11.5. The summed E-state index contributed by atoms with van der Waals surface area (Å²) < 4.78 is 5.28. The molecule has 5 nitrogen and oxygen atoms in total. The maximum atomic E-state index is 11.5. The molecule has 0 aliphatic heterocycles. The van der Waals surface area contributed by atoms with Crippen LogP contribution in [0, 0.1) is 6.92 Å². The first kappa shape index (κ1) is 14.5. The SMILES string of the molecule is Cc1cc(=O)c(O)ccc(O)c(-c2ccc(O)cc2)co1. The summed E-state index contributed by atoms with van der Waals surface area (Å²) in [5, 5.41) is 28.9. The Balaban J connectivity index is 2.74. The molecule has 0 fully saturated rings. The average Bonchev–Trinajstić information content (AvgIpc) is 2.45. The zero-order chi connectivity index (χ0) is 15.4. The lowest BCUT2D eigenvalue weighted by Crippen LogP contribution is -1.94. The summed E-state index contributed by atoms with van der Waals surface area (Å²) in [6.07, 6.45) is 1.30. The molecule has 0 bridgehead atoms. The minimum absolute atomic E-state index is 0.0998. The zero-order valence-electron chi connectivity index (χ0n) is 11.3. The molecule has 1 aromatic carbocycles. The smallest absolute Gasteiger partial charge is 0.223 e. The van der Waals surface area contributed by atoms with Gasteiger partial charge in [-0.1, -0.05) is 12.1 Å². The van der Waals surface area contributed by atoms with E-state index in [1.54, 1.807) is 19.1 Å². The predicted molar refractivity (Wildman–Crippen MR) is 77.8 cm³/mol. The second kappa shape index (κ2) is 6.00. The molecular weight excluding hydrogens is 272 g/mol. The van der Waals surface area contributed by atoms with Crippen LogP contribution in [0.3, 0.4) is 0 Å². The molecule has 2 rings (SSSR count). The number of hydrogen-bond acceptors (Lipinski definition) is 5. The van der Waals surface area contributed by atoms with Gasteiger partial charge in [0.1, 0.15) is 23.5 Å². The van der Waals surface area contributed by atoms with Gasteiger partial charge >= 0.3 is 0 Å². The molecule has 0 aliphatic rings. The van der Waals surface area contributed by atoms with E-state index in [-0.39, 0.29) is 17.3 Å². The molecule has 3 N–H and O–H groups in total. The number of phenolic OH excluding ortho intramolecular Hbond substituents is 1. The lowest BCUT2D eigenvalue weighted by Gasteiger charge is -2.02. The van der Waals surface area contributed by atoms with Gasteiger partial charge in [-0.3, -0.25) is 4.79 Å². The summed E-state index contributed by atoms with van der Waals surface area (Å²) in [7, 11) is 0. The lowest BCUT2D eigenvalue weighted by molar-refractivity contribution is 0.460. The Bertz CT molecular complexity index is 759. The van der Waals surface area contributed by atoms with Crippen LogP contribution in [0.15, 0.2) is 57.9 Å². The molecule has 5 heteroatoms. The van der Waals surface area contributed by atoms with E-state index in [0.717, 1.165) is 12.1 Å². The Labute approximate surface area is 120 Å². The van der Waals surface area contributed by atoms with Crippen molar-refractivity contribution < 1.29 is 19.7 Å². The number of hydrogen-bond donors (Lipinski definition) is 3. The minimum atomic E-state index is -0.613. The number of aromatic hydroxyl groups is 3. The van der Waals surface area contributed by atoms with Gasteiger partial charge in [-0.25, -0.2) is 0 Å². The molecule has 0 saturated heterocycles. The first-order valence-corrected chi connectivity index (χ1v) is 6.16. The van der Waals surface area contributed by atoms with Crippen molar-refractivity contribution >= 4 is 0 Å². The monoisotopic (exact) mass is 286 g/mol. The summed E-state index contributed by atoms with van der Waals surface area (Å²) >= 11 is 0. The highest BCUT2D eigenvalue weighted by molar-refractivity contribution is 5.68. The van der Waals surface area contributed by atoms with Gasteiger partial charge < -0.3 is 19.7 Å². The summed E-state index contributed by atoms with van der Waals surface area (Å²) in [6.45, 7) is 1.55. The van der Waals surface area contributed by atoms with Crippen LogP contribution in [0.25, 0.3) is 11.1 Å². The Hall–Kier alpha value is -2.95. The fourth-order valence-electron chi connectivity index (χ4n) is 1.69. The lowest BCUT2D eigenvalue weighted by atomic mass is 10.1. The minimum Gasteiger partial charge on any atom is -0.508 e. The quantitative estimate of drug-likeness (QED) is 0.749. The highest BCUT2D eigenvalue weighted by Crippen LogP contribution is 2.28. The first-order chi connectivity index (χ1) is 9.97. The normalized spacial score (nSPS) is 9.95. The molecule has 1 heterocycles. The molecule has 0 unspecified atom stereocenters. The standard InChI is InChI=1S/C16H14O5/c1-10-8-16(20)15(19)7-6-14(18)13(9-21-10)11-2-4-12(17)5-3-11/h2-9,17-19H,1H3. The van der Waals surface area contributed by atoms with Crippen molar-refractivity contribution in [2.24, 2.45) is 0 Å². The van der Waals surface area contributed by atoms with Crippen LogP contribution in [0.1, 0.15) is 5.76 Å². The van der Waals surface area contributed by atoms with Crippen molar-refractivity contribution in [3.8, 4) is 28.4 Å². The molecule has 0 aliphatic carbocycles. The first-order valence-electron chi connectivity index (χ1n) is 6.16. The van der Waals surface area contributed by atoms with E-state index in [9.17, 15) is 20.1 Å². The third-order valence-electron chi connectivity index (χ3n) is 2.80. The fourth-order valence-corrected chi connectivity index (χ4v) is 1.69.